The summed E-state index contributed by atoms with van der Waals surface area (Å²) in [7, 11) is 0. The first-order chi connectivity index (χ1) is 11.6. The molecule has 0 spiro atoms. The van der Waals surface area contributed by atoms with Crippen LogP contribution in [0.15, 0.2) is 48.5 Å². The van der Waals surface area contributed by atoms with Gasteiger partial charge in [0.05, 0.1) is 18.1 Å². The van der Waals surface area contributed by atoms with Gasteiger partial charge in [-0.3, -0.25) is 4.79 Å². The van der Waals surface area contributed by atoms with E-state index < -0.39 is 0 Å². The van der Waals surface area contributed by atoms with Crippen molar-refractivity contribution in [2.75, 3.05) is 13.1 Å². The Kier molecular flexibility index (Phi) is 3.77. The molecule has 0 radical (unpaired) electrons. The monoisotopic (exact) mass is 323 g/mol. The fourth-order valence-corrected chi connectivity index (χ4v) is 3.72. The number of rotatable bonds is 1. The number of carbonyl (C=O) groups excluding carboxylic acids is 1. The molecule has 0 saturated carbocycles. The molecule has 0 aromatic heterocycles. The molecule has 2 atom stereocenters. The molecule has 1 amide bonds. The van der Waals surface area contributed by atoms with Crippen molar-refractivity contribution in [2.24, 2.45) is 0 Å². The Morgan fingerprint density at radius 1 is 0.917 bits per heavy atom. The van der Waals surface area contributed by atoms with Crippen molar-refractivity contribution in [3.8, 4) is 11.5 Å². The summed E-state index contributed by atoms with van der Waals surface area (Å²) in [6.07, 6.45) is 0.117. The van der Waals surface area contributed by atoms with Crippen molar-refractivity contribution in [1.82, 2.24) is 4.90 Å². The third-order valence-corrected chi connectivity index (χ3v) is 4.66. The smallest absolute Gasteiger partial charge is 0.235 e. The Balaban J connectivity index is 1.75. The summed E-state index contributed by atoms with van der Waals surface area (Å²) in [5.41, 5.74) is 1.88. The average Bonchev–Trinajstić information content (AvgIpc) is 2.58. The lowest BCUT2D eigenvalue weighted by Gasteiger charge is -2.38. The zero-order valence-corrected chi connectivity index (χ0v) is 13.9. The molecule has 1 saturated heterocycles. The molecule has 1 fully saturated rings. The van der Waals surface area contributed by atoms with Crippen LogP contribution in [-0.2, 0) is 9.53 Å². The normalized spacial score (nSPS) is 23.2. The van der Waals surface area contributed by atoms with E-state index in [1.54, 1.807) is 0 Å². The Labute approximate surface area is 142 Å². The van der Waals surface area contributed by atoms with Crippen molar-refractivity contribution in [3.05, 3.63) is 59.7 Å². The van der Waals surface area contributed by atoms with Crippen molar-refractivity contribution in [1.29, 1.82) is 0 Å². The topological polar surface area (TPSA) is 38.8 Å². The maximum absolute atomic E-state index is 13.4. The molecule has 2 unspecified atom stereocenters. The van der Waals surface area contributed by atoms with Gasteiger partial charge < -0.3 is 14.4 Å². The lowest BCUT2D eigenvalue weighted by molar-refractivity contribution is -0.144. The molecule has 4 heteroatoms. The molecular formula is C20H21NO3. The second-order valence-electron chi connectivity index (χ2n) is 6.61. The van der Waals surface area contributed by atoms with Crippen molar-refractivity contribution < 1.29 is 14.3 Å². The number of ether oxygens (including phenoxy) is 2. The van der Waals surface area contributed by atoms with Gasteiger partial charge in [-0.2, -0.15) is 0 Å². The predicted octanol–water partition coefficient (Wildman–Crippen LogP) is 3.56. The Bertz CT molecular complexity index is 717. The van der Waals surface area contributed by atoms with Crippen LogP contribution in [0.1, 0.15) is 30.9 Å². The van der Waals surface area contributed by atoms with Gasteiger partial charge in [-0.05, 0) is 26.0 Å². The zero-order valence-electron chi connectivity index (χ0n) is 13.9. The van der Waals surface area contributed by atoms with Crippen LogP contribution in [0.5, 0.6) is 11.5 Å². The quantitative estimate of drug-likeness (QED) is 0.805. The largest absolute Gasteiger partial charge is 0.457 e. The highest BCUT2D eigenvalue weighted by Crippen LogP contribution is 2.44. The number of para-hydroxylation sites is 2. The van der Waals surface area contributed by atoms with Crippen LogP contribution in [0.3, 0.4) is 0 Å². The maximum Gasteiger partial charge on any atom is 0.235 e. The predicted molar refractivity (Wildman–Crippen MR) is 91.4 cm³/mol. The molecule has 2 aliphatic heterocycles. The second kappa shape index (κ2) is 5.95. The summed E-state index contributed by atoms with van der Waals surface area (Å²) in [4.78, 5) is 15.3. The van der Waals surface area contributed by atoms with Crippen LogP contribution in [-0.4, -0.2) is 36.1 Å². The Morgan fingerprint density at radius 3 is 1.96 bits per heavy atom. The second-order valence-corrected chi connectivity index (χ2v) is 6.61. The van der Waals surface area contributed by atoms with E-state index in [0.717, 1.165) is 22.6 Å². The first kappa shape index (κ1) is 15.2. The van der Waals surface area contributed by atoms with Crippen LogP contribution in [0, 0.1) is 0 Å². The third-order valence-electron chi connectivity index (χ3n) is 4.66. The molecule has 0 N–H and O–H groups in total. The minimum absolute atomic E-state index is 0.0584. The highest BCUT2D eigenvalue weighted by Gasteiger charge is 2.37. The lowest BCUT2D eigenvalue weighted by Crippen LogP contribution is -2.50. The number of morpholine rings is 1. The SMILES string of the molecule is CC1CN(C(=O)C2c3ccccc3Oc3ccccc32)CC(C)O1. The number of carbonyl (C=O) groups is 1. The lowest BCUT2D eigenvalue weighted by atomic mass is 9.86. The number of amides is 1. The van der Waals surface area contributed by atoms with Gasteiger partial charge in [0.15, 0.2) is 0 Å². The Morgan fingerprint density at radius 2 is 1.42 bits per heavy atom. The van der Waals surface area contributed by atoms with Crippen LogP contribution in [0.2, 0.25) is 0 Å². The fraction of sp³-hybridized carbons (Fsp3) is 0.350. The number of hydrogen-bond donors (Lipinski definition) is 0. The Hall–Kier alpha value is -2.33. The molecule has 24 heavy (non-hydrogen) atoms. The number of hydrogen-bond acceptors (Lipinski definition) is 3. The first-order valence-corrected chi connectivity index (χ1v) is 8.43. The van der Waals surface area contributed by atoms with E-state index in [9.17, 15) is 4.79 Å². The minimum atomic E-state index is -0.316. The van der Waals surface area contributed by atoms with Gasteiger partial charge in [0, 0.05) is 24.2 Å². The molecule has 2 aliphatic rings. The molecular weight excluding hydrogens is 302 g/mol. The van der Waals surface area contributed by atoms with E-state index in [2.05, 4.69) is 0 Å². The van der Waals surface area contributed by atoms with E-state index in [0.29, 0.717) is 13.1 Å². The number of nitrogens with zero attached hydrogens (tertiary/aromatic N) is 1. The maximum atomic E-state index is 13.4. The summed E-state index contributed by atoms with van der Waals surface area (Å²) < 4.78 is 11.8. The fourth-order valence-electron chi connectivity index (χ4n) is 3.72. The van der Waals surface area contributed by atoms with Crippen molar-refractivity contribution >= 4 is 5.91 Å². The molecule has 4 rings (SSSR count). The summed E-state index contributed by atoms with van der Waals surface area (Å²) in [5, 5.41) is 0. The molecule has 0 aliphatic carbocycles. The van der Waals surface area contributed by atoms with Crippen molar-refractivity contribution in [2.45, 2.75) is 32.0 Å². The van der Waals surface area contributed by atoms with Crippen LogP contribution < -0.4 is 4.74 Å². The van der Waals surface area contributed by atoms with E-state index in [-0.39, 0.29) is 24.0 Å². The van der Waals surface area contributed by atoms with Gasteiger partial charge in [0.1, 0.15) is 11.5 Å². The summed E-state index contributed by atoms with van der Waals surface area (Å²) >= 11 is 0. The zero-order chi connectivity index (χ0) is 16.7. The highest BCUT2D eigenvalue weighted by molar-refractivity contribution is 5.89. The van der Waals surface area contributed by atoms with Gasteiger partial charge in [-0.25, -0.2) is 0 Å². The van der Waals surface area contributed by atoms with Gasteiger partial charge in [0.25, 0.3) is 0 Å². The summed E-state index contributed by atoms with van der Waals surface area (Å²) in [6, 6.07) is 15.6. The third kappa shape index (κ3) is 2.57. The van der Waals surface area contributed by atoms with Crippen LogP contribution >= 0.6 is 0 Å². The van der Waals surface area contributed by atoms with E-state index >= 15 is 0 Å². The number of benzene rings is 2. The van der Waals surface area contributed by atoms with Gasteiger partial charge in [-0.1, -0.05) is 36.4 Å². The summed E-state index contributed by atoms with van der Waals surface area (Å²) in [6.45, 7) is 5.29. The molecule has 2 aromatic rings. The van der Waals surface area contributed by atoms with Gasteiger partial charge in [0.2, 0.25) is 5.91 Å². The molecule has 0 bridgehead atoms. The van der Waals surface area contributed by atoms with Crippen molar-refractivity contribution in [3.63, 3.8) is 0 Å². The van der Waals surface area contributed by atoms with Gasteiger partial charge >= 0.3 is 0 Å². The minimum Gasteiger partial charge on any atom is -0.457 e. The van der Waals surface area contributed by atoms with Gasteiger partial charge in [-0.15, -0.1) is 0 Å². The first-order valence-electron chi connectivity index (χ1n) is 8.43. The molecule has 4 nitrogen and oxygen atoms in total. The van der Waals surface area contributed by atoms with Crippen LogP contribution in [0.25, 0.3) is 0 Å². The highest BCUT2D eigenvalue weighted by atomic mass is 16.5. The molecule has 124 valence electrons. The van der Waals surface area contributed by atoms with E-state index in [1.165, 1.54) is 0 Å². The molecule has 2 aromatic carbocycles. The average molecular weight is 323 g/mol. The number of fused-ring (bicyclic) bond motifs is 2. The standard InChI is InChI=1S/C20H21NO3/c1-13-11-21(12-14(2)23-13)20(22)19-15-7-3-5-9-17(15)24-18-10-6-4-8-16(18)19/h3-10,13-14,19H,11-12H2,1-2H3. The van der Waals surface area contributed by atoms with Crippen LogP contribution in [0.4, 0.5) is 0 Å². The molecule has 2 heterocycles. The summed E-state index contributed by atoms with van der Waals surface area (Å²) in [5.74, 6) is 1.34. The van der Waals surface area contributed by atoms with E-state index in [1.807, 2.05) is 67.3 Å². The van der Waals surface area contributed by atoms with E-state index in [4.69, 9.17) is 9.47 Å².